The molecular weight excluding hydrogens is 414 g/mol. The Bertz CT molecular complexity index is 974. The number of hydrogen-bond donors (Lipinski definition) is 2. The first kappa shape index (κ1) is 20.8. The smallest absolute Gasteiger partial charge is 0.238 e. The third-order valence-corrected chi connectivity index (χ3v) is 6.62. The molecule has 0 saturated carbocycles. The summed E-state index contributed by atoms with van der Waals surface area (Å²) in [6.07, 6.45) is 3.12. The number of primary sulfonamides is 1. The predicted molar refractivity (Wildman–Crippen MR) is 118 cm³/mol. The summed E-state index contributed by atoms with van der Waals surface area (Å²) in [7, 11) is -3.69. The molecule has 1 heterocycles. The van der Waals surface area contributed by atoms with Gasteiger partial charge in [-0.2, -0.15) is 0 Å². The number of hydroxylamine groups is 1. The molecular formula is C19H21N3O3S3. The Morgan fingerprint density at radius 1 is 1.18 bits per heavy atom. The Morgan fingerprint density at radius 2 is 1.82 bits per heavy atom. The minimum absolute atomic E-state index is 0.0746. The van der Waals surface area contributed by atoms with E-state index < -0.39 is 10.0 Å². The van der Waals surface area contributed by atoms with Crippen LogP contribution in [0.3, 0.4) is 0 Å². The van der Waals surface area contributed by atoms with Gasteiger partial charge in [0.05, 0.1) is 9.64 Å². The van der Waals surface area contributed by atoms with E-state index in [1.54, 1.807) is 36.2 Å². The zero-order valence-electron chi connectivity index (χ0n) is 15.4. The third kappa shape index (κ3) is 4.73. The Kier molecular flexibility index (Phi) is 6.11. The van der Waals surface area contributed by atoms with Gasteiger partial charge in [0.25, 0.3) is 0 Å². The van der Waals surface area contributed by atoms with Crippen LogP contribution in [0.25, 0.3) is 6.08 Å². The van der Waals surface area contributed by atoms with E-state index in [-0.39, 0.29) is 15.9 Å². The first-order valence-electron chi connectivity index (χ1n) is 8.46. The summed E-state index contributed by atoms with van der Waals surface area (Å²) in [5.41, 5.74) is 4.64. The Balaban J connectivity index is 1.68. The van der Waals surface area contributed by atoms with Crippen molar-refractivity contribution in [3.63, 3.8) is 0 Å². The molecule has 1 unspecified atom stereocenters. The zero-order chi connectivity index (χ0) is 20.4. The van der Waals surface area contributed by atoms with Gasteiger partial charge < -0.3 is 0 Å². The van der Waals surface area contributed by atoms with Gasteiger partial charge >= 0.3 is 0 Å². The summed E-state index contributed by atoms with van der Waals surface area (Å²) in [6.45, 7) is 4.16. The largest absolute Gasteiger partial charge is 0.297 e. The third-order valence-electron chi connectivity index (χ3n) is 4.14. The van der Waals surface area contributed by atoms with Crippen LogP contribution in [0.4, 0.5) is 5.69 Å². The van der Waals surface area contributed by atoms with Crippen molar-refractivity contribution in [1.29, 1.82) is 0 Å². The van der Waals surface area contributed by atoms with Gasteiger partial charge in [0.2, 0.25) is 10.0 Å². The summed E-state index contributed by atoms with van der Waals surface area (Å²) in [6, 6.07) is 16.1. The average molecular weight is 436 g/mol. The topological polar surface area (TPSA) is 84.7 Å². The molecule has 1 atom stereocenters. The van der Waals surface area contributed by atoms with Crippen LogP contribution >= 0.6 is 24.0 Å². The maximum atomic E-state index is 11.3. The van der Waals surface area contributed by atoms with Gasteiger partial charge in [-0.1, -0.05) is 54.3 Å². The fraction of sp³-hybridized carbons (Fsp3) is 0.211. The lowest BCUT2D eigenvalue weighted by Crippen LogP contribution is -2.45. The first-order valence-corrected chi connectivity index (χ1v) is 11.2. The van der Waals surface area contributed by atoms with Crippen LogP contribution in [0, 0.1) is 0 Å². The molecule has 2 aromatic carbocycles. The van der Waals surface area contributed by atoms with Crippen LogP contribution in [0.1, 0.15) is 19.4 Å². The van der Waals surface area contributed by atoms with Gasteiger partial charge in [0, 0.05) is 11.9 Å². The SMILES string of the molecule is CC1(C)SC(=S)N(c2ccccc2)C1ONC=Cc1ccc(S(N)(=O)=O)cc1. The number of sulfonamides is 1. The molecule has 6 nitrogen and oxygen atoms in total. The molecule has 0 radical (unpaired) electrons. The number of thiocarbonyl (C=S) groups is 1. The standard InChI is InChI=1S/C19H21N3O3S3/c1-19(2)17(22(18(26)27-19)15-6-4-3-5-7-15)25-21-13-12-14-8-10-16(11-9-14)28(20,23)24/h3-13,17,21H,1-2H3,(H2,20,23,24). The van der Waals surface area contributed by atoms with Crippen molar-refractivity contribution in [2.45, 2.75) is 29.7 Å². The van der Waals surface area contributed by atoms with Gasteiger partial charge in [-0.25, -0.2) is 18.4 Å². The highest BCUT2D eigenvalue weighted by Gasteiger charge is 2.46. The molecule has 1 saturated heterocycles. The van der Waals surface area contributed by atoms with Crippen LogP contribution in [0.5, 0.6) is 0 Å². The number of anilines is 1. The number of thioether (sulfide) groups is 1. The van der Waals surface area contributed by atoms with Gasteiger partial charge in [-0.3, -0.25) is 10.4 Å². The Hall–Kier alpha value is -1.91. The minimum atomic E-state index is -3.69. The van der Waals surface area contributed by atoms with E-state index in [0.29, 0.717) is 0 Å². The minimum Gasteiger partial charge on any atom is -0.297 e. The number of hydrogen-bond acceptors (Lipinski definition) is 6. The van der Waals surface area contributed by atoms with E-state index in [4.69, 9.17) is 22.2 Å². The van der Waals surface area contributed by atoms with Crippen LogP contribution < -0.4 is 15.5 Å². The molecule has 3 rings (SSSR count). The molecule has 1 fully saturated rings. The lowest BCUT2D eigenvalue weighted by Gasteiger charge is -2.30. The molecule has 148 valence electrons. The summed E-state index contributed by atoms with van der Waals surface area (Å²) < 4.78 is 23.1. The molecule has 0 aliphatic carbocycles. The second-order valence-corrected chi connectivity index (χ2v) is 10.6. The van der Waals surface area contributed by atoms with Crippen molar-refractivity contribution in [2.75, 3.05) is 4.90 Å². The molecule has 9 heteroatoms. The number of benzene rings is 2. The lowest BCUT2D eigenvalue weighted by atomic mass is 10.1. The lowest BCUT2D eigenvalue weighted by molar-refractivity contribution is -0.00798. The van der Waals surface area contributed by atoms with E-state index in [2.05, 4.69) is 19.3 Å². The quantitative estimate of drug-likeness (QED) is 0.531. The number of para-hydroxylation sites is 1. The first-order chi connectivity index (χ1) is 13.2. The highest BCUT2D eigenvalue weighted by molar-refractivity contribution is 8.24. The van der Waals surface area contributed by atoms with E-state index >= 15 is 0 Å². The molecule has 0 amide bonds. The molecule has 0 spiro atoms. The normalized spacial score (nSPS) is 19.3. The predicted octanol–water partition coefficient (Wildman–Crippen LogP) is 3.47. The zero-order valence-corrected chi connectivity index (χ0v) is 17.9. The number of rotatable bonds is 6. The summed E-state index contributed by atoms with van der Waals surface area (Å²) in [5.74, 6) is 0. The number of nitrogens with zero attached hydrogens (tertiary/aromatic N) is 1. The molecule has 1 aliphatic heterocycles. The number of nitrogens with two attached hydrogens (primary N) is 1. The van der Waals surface area contributed by atoms with E-state index in [9.17, 15) is 8.42 Å². The average Bonchev–Trinajstić information content (AvgIpc) is 2.87. The molecule has 1 aliphatic rings. The van der Waals surface area contributed by atoms with Gasteiger partial charge in [-0.15, -0.1) is 0 Å². The van der Waals surface area contributed by atoms with Crippen LogP contribution in [-0.2, 0) is 14.9 Å². The molecule has 0 aromatic heterocycles. The van der Waals surface area contributed by atoms with E-state index in [1.807, 2.05) is 35.2 Å². The maximum Gasteiger partial charge on any atom is 0.238 e. The van der Waals surface area contributed by atoms with E-state index in [1.165, 1.54) is 12.1 Å². The van der Waals surface area contributed by atoms with Gasteiger partial charge in [0.1, 0.15) is 4.32 Å². The monoisotopic (exact) mass is 435 g/mol. The summed E-state index contributed by atoms with van der Waals surface area (Å²) >= 11 is 7.14. The molecule has 2 aromatic rings. The fourth-order valence-electron chi connectivity index (χ4n) is 2.76. The molecule has 28 heavy (non-hydrogen) atoms. The highest BCUT2D eigenvalue weighted by atomic mass is 32.2. The molecule has 3 N–H and O–H groups in total. The molecule has 0 bridgehead atoms. The highest BCUT2D eigenvalue weighted by Crippen LogP contribution is 2.43. The number of nitrogens with one attached hydrogen (secondary N) is 1. The maximum absolute atomic E-state index is 11.3. The van der Waals surface area contributed by atoms with Crippen molar-refractivity contribution < 1.29 is 13.3 Å². The van der Waals surface area contributed by atoms with Crippen molar-refractivity contribution in [3.8, 4) is 0 Å². The van der Waals surface area contributed by atoms with E-state index in [0.717, 1.165) is 15.6 Å². The second kappa shape index (κ2) is 8.22. The van der Waals surface area contributed by atoms with Crippen LogP contribution in [-0.4, -0.2) is 23.7 Å². The second-order valence-electron chi connectivity index (χ2n) is 6.71. The van der Waals surface area contributed by atoms with Gasteiger partial charge in [-0.05, 0) is 49.8 Å². The van der Waals surface area contributed by atoms with Crippen LogP contribution in [0.15, 0.2) is 65.7 Å². The Morgan fingerprint density at radius 3 is 2.43 bits per heavy atom. The summed E-state index contributed by atoms with van der Waals surface area (Å²) in [5, 5.41) is 5.10. The summed E-state index contributed by atoms with van der Waals surface area (Å²) in [4.78, 5) is 7.98. The van der Waals surface area contributed by atoms with Crippen LogP contribution in [0.2, 0.25) is 0 Å². The van der Waals surface area contributed by atoms with Crippen molar-refractivity contribution in [1.82, 2.24) is 5.48 Å². The Labute approximate surface area is 174 Å². The fourth-order valence-corrected chi connectivity index (χ4v) is 5.12. The van der Waals surface area contributed by atoms with Crippen molar-refractivity contribution in [2.24, 2.45) is 5.14 Å². The van der Waals surface area contributed by atoms with Crippen molar-refractivity contribution >= 4 is 50.1 Å². The van der Waals surface area contributed by atoms with Gasteiger partial charge in [0.15, 0.2) is 6.23 Å². The van der Waals surface area contributed by atoms with Crippen molar-refractivity contribution in [3.05, 3.63) is 66.4 Å².